The lowest BCUT2D eigenvalue weighted by molar-refractivity contribution is -0.139. The first-order valence-corrected chi connectivity index (χ1v) is 11.5. The van der Waals surface area contributed by atoms with Gasteiger partial charge in [-0.3, -0.25) is 24.0 Å². The molecule has 4 amide bonds. The first-order valence-electron chi connectivity index (χ1n) is 11.2. The van der Waals surface area contributed by atoms with E-state index in [0.717, 1.165) is 0 Å². The molecule has 0 bridgehead atoms. The number of carbonyl (C=O) groups is 5. The second kappa shape index (κ2) is 11.5. The Hall–Kier alpha value is -4.07. The monoisotopic (exact) mass is 554 g/mol. The lowest BCUT2D eigenvalue weighted by atomic mass is 9.93. The normalized spacial score (nSPS) is 17.8. The van der Waals surface area contributed by atoms with Crippen LogP contribution in [-0.2, 0) is 20.6 Å². The maximum Gasteiger partial charge on any atom is 0.419 e. The van der Waals surface area contributed by atoms with E-state index in [1.807, 2.05) is 0 Å². The van der Waals surface area contributed by atoms with Gasteiger partial charge < -0.3 is 21.3 Å². The second-order valence-electron chi connectivity index (χ2n) is 8.48. The Morgan fingerprint density at radius 1 is 1.16 bits per heavy atom. The van der Waals surface area contributed by atoms with Crippen LogP contribution >= 0.6 is 11.6 Å². The molecular formula is C23H22ClF3N6O5. The number of alkyl halides is 3. The number of likely N-dealkylation sites (N-methyl/N-ethyl adjacent to an activating group) is 1. The standard InChI is InChI=1S/C23H22ClF3N6O5/c1-10-5-11(19(35)31-10)6-16(17(34)21(37)28-2)33-20(36)14-7-13(24)3-4-15(14)32-22(38)18-29-8-12(9-30-18)23(25,26)27/h3-4,7-11,16H,5-6H2,1-2H3,(H,28,37)(H,31,35)(H,32,38)(H,33,36)/t10-,11+,16+/m1/s1. The summed E-state index contributed by atoms with van der Waals surface area (Å²) in [4.78, 5) is 69.4. The number of Topliss-reactive ketones (excluding diaryl/α,β-unsaturated/α-hetero) is 1. The molecule has 3 rings (SSSR count). The van der Waals surface area contributed by atoms with Crippen LogP contribution in [0.4, 0.5) is 18.9 Å². The fourth-order valence-electron chi connectivity index (χ4n) is 3.77. The molecule has 0 radical (unpaired) electrons. The Balaban J connectivity index is 1.84. The number of nitrogens with one attached hydrogen (secondary N) is 4. The number of carbonyl (C=O) groups excluding carboxylic acids is 5. The Morgan fingerprint density at radius 3 is 2.37 bits per heavy atom. The van der Waals surface area contributed by atoms with Crippen LogP contribution in [0.2, 0.25) is 5.02 Å². The Kier molecular flexibility index (Phi) is 8.66. The van der Waals surface area contributed by atoms with Gasteiger partial charge in [-0.05, 0) is 38.0 Å². The number of benzene rings is 1. The van der Waals surface area contributed by atoms with Crippen LogP contribution in [-0.4, -0.2) is 58.5 Å². The molecule has 1 fully saturated rings. The number of halogens is 4. The van der Waals surface area contributed by atoms with Gasteiger partial charge in [0.1, 0.15) is 0 Å². The summed E-state index contributed by atoms with van der Waals surface area (Å²) in [6, 6.07) is 2.22. The number of ketones is 1. The Morgan fingerprint density at radius 2 is 1.82 bits per heavy atom. The molecule has 3 atom stereocenters. The molecule has 1 aromatic heterocycles. The van der Waals surface area contributed by atoms with Gasteiger partial charge in [-0.2, -0.15) is 13.2 Å². The minimum absolute atomic E-state index is 0.0807. The number of amides is 4. The van der Waals surface area contributed by atoms with Gasteiger partial charge in [-0.25, -0.2) is 9.97 Å². The van der Waals surface area contributed by atoms with Crippen LogP contribution in [0.1, 0.15) is 46.3 Å². The van der Waals surface area contributed by atoms with Crippen LogP contribution in [0, 0.1) is 5.92 Å². The van der Waals surface area contributed by atoms with Gasteiger partial charge in [-0.1, -0.05) is 11.6 Å². The molecule has 2 aromatic rings. The van der Waals surface area contributed by atoms with Crippen LogP contribution in [0.3, 0.4) is 0 Å². The average Bonchev–Trinajstić information content (AvgIpc) is 3.19. The number of aromatic nitrogens is 2. The molecule has 1 aliphatic rings. The molecule has 1 aromatic carbocycles. The third kappa shape index (κ3) is 6.82. The van der Waals surface area contributed by atoms with Crippen molar-refractivity contribution in [1.29, 1.82) is 0 Å². The van der Waals surface area contributed by atoms with Gasteiger partial charge in [0.25, 0.3) is 17.7 Å². The summed E-state index contributed by atoms with van der Waals surface area (Å²) in [5.74, 6) is -5.48. The number of hydrogen-bond acceptors (Lipinski definition) is 7. The second-order valence-corrected chi connectivity index (χ2v) is 8.92. The molecule has 2 heterocycles. The molecular weight excluding hydrogens is 533 g/mol. The molecule has 15 heteroatoms. The molecule has 1 aliphatic heterocycles. The van der Waals surface area contributed by atoms with E-state index in [0.29, 0.717) is 18.8 Å². The zero-order chi connectivity index (χ0) is 28.2. The first kappa shape index (κ1) is 28.5. The summed E-state index contributed by atoms with van der Waals surface area (Å²) in [6.45, 7) is 1.77. The molecule has 202 valence electrons. The van der Waals surface area contributed by atoms with E-state index < -0.39 is 53.0 Å². The maximum atomic E-state index is 13.2. The predicted octanol–water partition coefficient (Wildman–Crippen LogP) is 1.73. The molecule has 1 saturated heterocycles. The fourth-order valence-corrected chi connectivity index (χ4v) is 3.95. The molecule has 0 spiro atoms. The SMILES string of the molecule is CNC(=O)C(=O)[C@H](C[C@@H]1C[C@@H](C)NC1=O)NC(=O)c1cc(Cl)ccc1NC(=O)c1ncc(C(F)(F)F)cn1. The third-order valence-electron chi connectivity index (χ3n) is 5.65. The van der Waals surface area contributed by atoms with Crippen LogP contribution in [0.25, 0.3) is 0 Å². The summed E-state index contributed by atoms with van der Waals surface area (Å²) in [5, 5.41) is 9.70. The number of anilines is 1. The minimum Gasteiger partial charge on any atom is -0.353 e. The van der Waals surface area contributed by atoms with E-state index in [4.69, 9.17) is 11.6 Å². The molecule has 11 nitrogen and oxygen atoms in total. The van der Waals surface area contributed by atoms with Crippen molar-refractivity contribution in [3.8, 4) is 0 Å². The maximum absolute atomic E-state index is 13.2. The lowest BCUT2D eigenvalue weighted by Gasteiger charge is -2.20. The summed E-state index contributed by atoms with van der Waals surface area (Å²) in [6.07, 6.45) is -3.59. The van der Waals surface area contributed by atoms with Gasteiger partial charge in [0, 0.05) is 36.4 Å². The van der Waals surface area contributed by atoms with E-state index >= 15 is 0 Å². The Labute approximate surface area is 218 Å². The average molecular weight is 555 g/mol. The number of nitrogens with zero attached hydrogens (tertiary/aromatic N) is 2. The predicted molar refractivity (Wildman–Crippen MR) is 127 cm³/mol. The molecule has 4 N–H and O–H groups in total. The molecule has 0 aliphatic carbocycles. The van der Waals surface area contributed by atoms with E-state index in [-0.39, 0.29) is 34.6 Å². The van der Waals surface area contributed by atoms with Crippen molar-refractivity contribution in [2.45, 2.75) is 38.0 Å². The van der Waals surface area contributed by atoms with E-state index in [2.05, 4.69) is 31.2 Å². The van der Waals surface area contributed by atoms with Crippen LogP contribution in [0.5, 0.6) is 0 Å². The van der Waals surface area contributed by atoms with Crippen molar-refractivity contribution in [1.82, 2.24) is 25.9 Å². The number of hydrogen-bond donors (Lipinski definition) is 4. The summed E-state index contributed by atoms with van der Waals surface area (Å²) >= 11 is 6.01. The topological polar surface area (TPSA) is 159 Å². The summed E-state index contributed by atoms with van der Waals surface area (Å²) in [5.41, 5.74) is -1.51. The molecule has 38 heavy (non-hydrogen) atoms. The highest BCUT2D eigenvalue weighted by Gasteiger charge is 2.36. The first-order chi connectivity index (χ1) is 17.8. The Bertz CT molecular complexity index is 1270. The zero-order valence-electron chi connectivity index (χ0n) is 20.0. The van der Waals surface area contributed by atoms with Gasteiger partial charge in [0.15, 0.2) is 0 Å². The largest absolute Gasteiger partial charge is 0.419 e. The van der Waals surface area contributed by atoms with Gasteiger partial charge in [0.2, 0.25) is 17.5 Å². The lowest BCUT2D eigenvalue weighted by Crippen LogP contribution is -2.48. The summed E-state index contributed by atoms with van der Waals surface area (Å²) in [7, 11) is 1.23. The highest BCUT2D eigenvalue weighted by Crippen LogP contribution is 2.28. The quantitative estimate of drug-likeness (QED) is 0.362. The van der Waals surface area contributed by atoms with Crippen LogP contribution in [0.15, 0.2) is 30.6 Å². The minimum atomic E-state index is -4.70. The van der Waals surface area contributed by atoms with E-state index in [1.54, 1.807) is 6.92 Å². The fraction of sp³-hybridized carbons (Fsp3) is 0.348. The highest BCUT2D eigenvalue weighted by atomic mass is 35.5. The van der Waals surface area contributed by atoms with Gasteiger partial charge >= 0.3 is 6.18 Å². The van der Waals surface area contributed by atoms with E-state index in [9.17, 15) is 37.1 Å². The smallest absolute Gasteiger partial charge is 0.353 e. The number of rotatable bonds is 8. The zero-order valence-corrected chi connectivity index (χ0v) is 20.7. The third-order valence-corrected chi connectivity index (χ3v) is 5.88. The van der Waals surface area contributed by atoms with Crippen molar-refractivity contribution in [2.24, 2.45) is 5.92 Å². The molecule has 0 saturated carbocycles. The summed E-state index contributed by atoms with van der Waals surface area (Å²) < 4.78 is 38.2. The van der Waals surface area contributed by atoms with Crippen LogP contribution < -0.4 is 21.3 Å². The van der Waals surface area contributed by atoms with E-state index in [1.165, 1.54) is 25.2 Å². The van der Waals surface area contributed by atoms with Crippen molar-refractivity contribution in [2.75, 3.05) is 12.4 Å². The van der Waals surface area contributed by atoms with Gasteiger partial charge in [-0.15, -0.1) is 0 Å². The van der Waals surface area contributed by atoms with Crippen molar-refractivity contribution in [3.63, 3.8) is 0 Å². The van der Waals surface area contributed by atoms with Crippen molar-refractivity contribution in [3.05, 3.63) is 52.6 Å². The molecule has 0 unspecified atom stereocenters. The van der Waals surface area contributed by atoms with Gasteiger partial charge in [0.05, 0.1) is 22.9 Å². The van der Waals surface area contributed by atoms with Crippen molar-refractivity contribution >= 4 is 46.7 Å². The highest BCUT2D eigenvalue weighted by molar-refractivity contribution is 6.38. The van der Waals surface area contributed by atoms with Crippen molar-refractivity contribution < 1.29 is 37.1 Å².